The number of aromatic nitrogens is 1. The van der Waals surface area contributed by atoms with Gasteiger partial charge in [0, 0.05) is 17.1 Å². The van der Waals surface area contributed by atoms with Gasteiger partial charge in [0.05, 0.1) is 5.52 Å². The van der Waals surface area contributed by atoms with Crippen molar-refractivity contribution in [1.82, 2.24) is 4.98 Å². The predicted molar refractivity (Wildman–Crippen MR) is 62.5 cm³/mol. The average Bonchev–Trinajstić information content (AvgIpc) is 2.17. The van der Waals surface area contributed by atoms with Gasteiger partial charge in [0.1, 0.15) is 0 Å². The Morgan fingerprint density at radius 2 is 2.00 bits per heavy atom. The van der Waals surface area contributed by atoms with Crippen LogP contribution in [0.2, 0.25) is 0 Å². The molecule has 0 fully saturated rings. The third-order valence-corrected chi connectivity index (χ3v) is 1.75. The van der Waals surface area contributed by atoms with Crippen LogP contribution in [0.3, 0.4) is 0 Å². The van der Waals surface area contributed by atoms with Gasteiger partial charge in [-0.2, -0.15) is 0 Å². The van der Waals surface area contributed by atoms with E-state index in [2.05, 4.69) is 4.98 Å². The minimum atomic E-state index is 0. The van der Waals surface area contributed by atoms with Gasteiger partial charge in [-0.15, -0.1) is 24.0 Å². The van der Waals surface area contributed by atoms with E-state index < -0.39 is 0 Å². The maximum atomic E-state index is 10.4. The summed E-state index contributed by atoms with van der Waals surface area (Å²) in [7, 11) is 0. The van der Waals surface area contributed by atoms with Crippen molar-refractivity contribution in [3.63, 3.8) is 0 Å². The third kappa shape index (κ3) is 2.03. The topological polar surface area (TPSA) is 30.0 Å². The highest BCUT2D eigenvalue weighted by molar-refractivity contribution is 14.0. The number of halogens is 1. The zero-order valence-corrected chi connectivity index (χ0v) is 9.14. The Kier molecular flexibility index (Phi) is 3.36. The third-order valence-electron chi connectivity index (χ3n) is 1.75. The Labute approximate surface area is 93.0 Å². The largest absolute Gasteiger partial charge is 0.298 e. The van der Waals surface area contributed by atoms with Gasteiger partial charge in [0.2, 0.25) is 0 Å². The number of hydrogen-bond donors (Lipinski definition) is 0. The van der Waals surface area contributed by atoms with Crippen molar-refractivity contribution in [3.05, 3.63) is 42.1 Å². The number of fused-ring (bicyclic) bond motifs is 1. The molecule has 0 N–H and O–H groups in total. The van der Waals surface area contributed by atoms with Crippen molar-refractivity contribution in [2.24, 2.45) is 0 Å². The fourth-order valence-electron chi connectivity index (χ4n) is 1.15. The van der Waals surface area contributed by atoms with Crippen LogP contribution in [0.4, 0.5) is 0 Å². The van der Waals surface area contributed by atoms with Gasteiger partial charge in [0.25, 0.3) is 0 Å². The Balaban J connectivity index is 0.000000845. The number of hydrogen-bond acceptors (Lipinski definition) is 2. The molecule has 0 saturated carbocycles. The van der Waals surface area contributed by atoms with Crippen molar-refractivity contribution < 1.29 is 4.79 Å². The predicted octanol–water partition coefficient (Wildman–Crippen LogP) is 2.67. The summed E-state index contributed by atoms with van der Waals surface area (Å²) in [5, 5.41) is 1.00. The van der Waals surface area contributed by atoms with E-state index in [0.717, 1.165) is 17.2 Å². The van der Waals surface area contributed by atoms with E-state index in [9.17, 15) is 4.79 Å². The molecule has 1 aromatic heterocycles. The first-order valence-electron chi connectivity index (χ1n) is 3.70. The number of benzene rings is 1. The molecule has 0 saturated heterocycles. The monoisotopic (exact) mass is 285 g/mol. The van der Waals surface area contributed by atoms with Gasteiger partial charge in [-0.25, -0.2) is 0 Å². The van der Waals surface area contributed by atoms with Crippen LogP contribution in [0.15, 0.2) is 36.5 Å². The van der Waals surface area contributed by atoms with Gasteiger partial charge in [-0.1, -0.05) is 18.2 Å². The molecule has 0 amide bonds. The van der Waals surface area contributed by atoms with Crippen LogP contribution >= 0.6 is 24.0 Å². The van der Waals surface area contributed by atoms with Crippen LogP contribution in [0, 0.1) is 0 Å². The Morgan fingerprint density at radius 3 is 2.77 bits per heavy atom. The fraction of sp³-hybridized carbons (Fsp3) is 0. The van der Waals surface area contributed by atoms with E-state index in [-0.39, 0.29) is 24.0 Å². The van der Waals surface area contributed by atoms with Gasteiger partial charge < -0.3 is 0 Å². The van der Waals surface area contributed by atoms with Crippen molar-refractivity contribution in [2.75, 3.05) is 0 Å². The molecule has 0 aliphatic heterocycles. The number of para-hydroxylation sites is 1. The van der Waals surface area contributed by atoms with E-state index in [4.69, 9.17) is 0 Å². The molecule has 0 aliphatic carbocycles. The Bertz CT molecular complexity index is 428. The summed E-state index contributed by atoms with van der Waals surface area (Å²) in [5.74, 6) is 0. The molecule has 0 spiro atoms. The van der Waals surface area contributed by atoms with Crippen LogP contribution in [0.25, 0.3) is 10.9 Å². The second kappa shape index (κ2) is 4.32. The van der Waals surface area contributed by atoms with Crippen LogP contribution in [-0.4, -0.2) is 11.3 Å². The summed E-state index contributed by atoms with van der Waals surface area (Å²) in [5.41, 5.74) is 1.54. The first-order chi connectivity index (χ1) is 5.90. The molecule has 0 bridgehead atoms. The molecule has 1 heterocycles. The highest BCUT2D eigenvalue weighted by atomic mass is 127. The quantitative estimate of drug-likeness (QED) is 0.595. The van der Waals surface area contributed by atoms with E-state index in [0.29, 0.717) is 5.56 Å². The van der Waals surface area contributed by atoms with Crippen LogP contribution in [0.5, 0.6) is 0 Å². The second-order valence-corrected chi connectivity index (χ2v) is 2.58. The lowest BCUT2D eigenvalue weighted by molar-refractivity contribution is 0.112. The molecule has 2 aromatic rings. The van der Waals surface area contributed by atoms with Crippen LogP contribution in [0.1, 0.15) is 10.4 Å². The number of pyridine rings is 1. The second-order valence-electron chi connectivity index (χ2n) is 2.58. The fourth-order valence-corrected chi connectivity index (χ4v) is 1.15. The van der Waals surface area contributed by atoms with E-state index in [1.807, 2.05) is 30.3 Å². The highest BCUT2D eigenvalue weighted by Crippen LogP contribution is 2.10. The molecule has 3 heteroatoms. The van der Waals surface area contributed by atoms with Gasteiger partial charge in [-0.3, -0.25) is 9.78 Å². The summed E-state index contributed by atoms with van der Waals surface area (Å²) in [6, 6.07) is 9.54. The molecule has 13 heavy (non-hydrogen) atoms. The number of carbonyl (C=O) groups excluding carboxylic acids is 1. The highest BCUT2D eigenvalue weighted by Gasteiger charge is 1.94. The summed E-state index contributed by atoms with van der Waals surface area (Å²) in [6.07, 6.45) is 2.38. The zero-order valence-electron chi connectivity index (χ0n) is 6.81. The minimum absolute atomic E-state index is 0. The SMILES string of the molecule is I.O=Cc1cnc2ccccc2c1. The molecular weight excluding hydrogens is 277 g/mol. The molecular formula is C10H8INO. The summed E-state index contributed by atoms with van der Waals surface area (Å²) < 4.78 is 0. The van der Waals surface area contributed by atoms with Gasteiger partial charge in [-0.05, 0) is 12.1 Å². The molecule has 0 radical (unpaired) electrons. The van der Waals surface area contributed by atoms with Crippen LogP contribution in [-0.2, 0) is 0 Å². The molecule has 2 nitrogen and oxygen atoms in total. The average molecular weight is 285 g/mol. The van der Waals surface area contributed by atoms with Crippen molar-refractivity contribution in [1.29, 1.82) is 0 Å². The van der Waals surface area contributed by atoms with E-state index in [1.165, 1.54) is 0 Å². The summed E-state index contributed by atoms with van der Waals surface area (Å²) in [6.45, 7) is 0. The smallest absolute Gasteiger partial charge is 0.151 e. The van der Waals surface area contributed by atoms with Crippen molar-refractivity contribution >= 4 is 41.2 Å². The van der Waals surface area contributed by atoms with Gasteiger partial charge >= 0.3 is 0 Å². The first kappa shape index (κ1) is 10.1. The van der Waals surface area contributed by atoms with Crippen molar-refractivity contribution in [2.45, 2.75) is 0 Å². The lowest BCUT2D eigenvalue weighted by atomic mass is 10.2. The minimum Gasteiger partial charge on any atom is -0.298 e. The number of rotatable bonds is 1. The van der Waals surface area contributed by atoms with Crippen LogP contribution < -0.4 is 0 Å². The molecule has 1 aromatic carbocycles. The number of aldehydes is 1. The van der Waals surface area contributed by atoms with Gasteiger partial charge in [0.15, 0.2) is 6.29 Å². The molecule has 0 unspecified atom stereocenters. The van der Waals surface area contributed by atoms with E-state index in [1.54, 1.807) is 6.20 Å². The number of nitrogens with zero attached hydrogens (tertiary/aromatic N) is 1. The standard InChI is InChI=1S/C10H7NO.HI/c12-7-8-5-9-3-1-2-4-10(9)11-6-8;/h1-7H;1H. The lowest BCUT2D eigenvalue weighted by Crippen LogP contribution is -1.83. The maximum Gasteiger partial charge on any atom is 0.151 e. The lowest BCUT2D eigenvalue weighted by Gasteiger charge is -1.95. The normalized spacial score (nSPS) is 9.23. The summed E-state index contributed by atoms with van der Waals surface area (Å²) in [4.78, 5) is 14.5. The molecule has 2 rings (SSSR count). The zero-order chi connectivity index (χ0) is 8.39. The first-order valence-corrected chi connectivity index (χ1v) is 3.70. The molecule has 0 atom stereocenters. The maximum absolute atomic E-state index is 10.4. The Hall–Kier alpha value is -0.970. The molecule has 0 aliphatic rings. The van der Waals surface area contributed by atoms with Crippen molar-refractivity contribution in [3.8, 4) is 0 Å². The number of carbonyl (C=O) groups is 1. The molecule has 66 valence electrons. The Morgan fingerprint density at radius 1 is 1.23 bits per heavy atom. The summed E-state index contributed by atoms with van der Waals surface area (Å²) >= 11 is 0. The van der Waals surface area contributed by atoms with E-state index >= 15 is 0 Å².